The van der Waals surface area contributed by atoms with Gasteiger partial charge in [-0.3, -0.25) is 0 Å². The van der Waals surface area contributed by atoms with E-state index in [2.05, 4.69) is 20.3 Å². The molecule has 1 aromatic heterocycles. The minimum absolute atomic E-state index is 0.728. The molecule has 0 amide bonds. The molecule has 0 radical (unpaired) electrons. The molecule has 0 aromatic carbocycles. The number of allylic oxidation sites excluding steroid dienone is 1. The molecule has 0 bridgehead atoms. The number of ether oxygens (including phenoxy) is 1. The predicted octanol–water partition coefficient (Wildman–Crippen LogP) is 1.58. The molecule has 0 atom stereocenters. The van der Waals surface area contributed by atoms with Crippen LogP contribution in [0.2, 0.25) is 0 Å². The van der Waals surface area contributed by atoms with Crippen molar-refractivity contribution in [3.05, 3.63) is 16.3 Å². The summed E-state index contributed by atoms with van der Waals surface area (Å²) in [6.45, 7) is 3.12. The Hall–Kier alpha value is -1.18. The zero-order valence-electron chi connectivity index (χ0n) is 10.8. The van der Waals surface area contributed by atoms with Gasteiger partial charge in [0.15, 0.2) is 0 Å². The number of aromatic nitrogens is 3. The minimum atomic E-state index is 0.728. The molecule has 0 spiro atoms. The molecule has 20 heavy (non-hydrogen) atoms. The molecule has 0 unspecified atom stereocenters. The van der Waals surface area contributed by atoms with Crippen molar-refractivity contribution in [1.82, 2.24) is 14.8 Å². The lowest BCUT2D eigenvalue weighted by Crippen LogP contribution is -2.36. The van der Waals surface area contributed by atoms with Gasteiger partial charge in [0, 0.05) is 36.4 Å². The summed E-state index contributed by atoms with van der Waals surface area (Å²) in [6, 6.07) is 0. The number of nitrogens with zero attached hydrogens (tertiary/aromatic N) is 4. The molecule has 4 rings (SSSR count). The second-order valence-electron chi connectivity index (χ2n) is 4.83. The fourth-order valence-electron chi connectivity index (χ4n) is 2.46. The Bertz CT molecular complexity index is 605. The first kappa shape index (κ1) is 12.6. The summed E-state index contributed by atoms with van der Waals surface area (Å²) < 4.78 is 7.16. The third-order valence-corrected chi connectivity index (χ3v) is 5.00. The Kier molecular flexibility index (Phi) is 3.13. The van der Waals surface area contributed by atoms with Gasteiger partial charge in [0.05, 0.1) is 23.9 Å². The normalized spacial score (nSPS) is 22.1. The summed E-state index contributed by atoms with van der Waals surface area (Å²) in [5.41, 5.74) is 2.18. The van der Waals surface area contributed by atoms with Gasteiger partial charge in [-0.2, -0.15) is 16.7 Å². The summed E-state index contributed by atoms with van der Waals surface area (Å²) in [5.74, 6) is 3.28. The number of nitrogens with one attached hydrogen (secondary N) is 1. The molecular weight excluding hydrogens is 298 g/mol. The van der Waals surface area contributed by atoms with Gasteiger partial charge in [-0.1, -0.05) is 11.6 Å². The number of hydrogen-bond acceptors (Lipinski definition) is 6. The Balaban J connectivity index is 1.68. The molecule has 106 valence electrons. The van der Waals surface area contributed by atoms with E-state index in [-0.39, 0.29) is 0 Å². The molecule has 0 aliphatic carbocycles. The van der Waals surface area contributed by atoms with E-state index in [4.69, 9.17) is 16.3 Å². The maximum absolute atomic E-state index is 6.28. The Morgan fingerprint density at radius 3 is 3.00 bits per heavy atom. The van der Waals surface area contributed by atoms with Crippen molar-refractivity contribution >= 4 is 41.5 Å². The largest absolute Gasteiger partial charge is 0.378 e. The fraction of sp³-hybridized carbons (Fsp3) is 0.500. The monoisotopic (exact) mass is 311 g/mol. The first-order valence-corrected chi connectivity index (χ1v) is 8.08. The summed E-state index contributed by atoms with van der Waals surface area (Å²) in [6.07, 6.45) is 2.02. The van der Waals surface area contributed by atoms with Crippen molar-refractivity contribution < 1.29 is 4.74 Å². The minimum Gasteiger partial charge on any atom is -0.378 e. The van der Waals surface area contributed by atoms with Crippen LogP contribution in [0.1, 0.15) is 0 Å². The van der Waals surface area contributed by atoms with Gasteiger partial charge in [0.1, 0.15) is 0 Å². The highest BCUT2D eigenvalue weighted by atomic mass is 35.5. The van der Waals surface area contributed by atoms with E-state index in [9.17, 15) is 0 Å². The third kappa shape index (κ3) is 2.10. The van der Waals surface area contributed by atoms with Crippen molar-refractivity contribution in [2.45, 2.75) is 0 Å². The number of hydrogen-bond donors (Lipinski definition) is 1. The summed E-state index contributed by atoms with van der Waals surface area (Å²) in [5, 5.41) is 8.71. The molecule has 1 saturated heterocycles. The zero-order chi connectivity index (χ0) is 13.5. The number of morpholine rings is 1. The molecule has 6 nitrogen and oxygen atoms in total. The first-order chi connectivity index (χ1) is 9.81. The number of anilines is 2. The van der Waals surface area contributed by atoms with Crippen LogP contribution in [0.4, 0.5) is 11.9 Å². The Morgan fingerprint density at radius 1 is 1.30 bits per heavy atom. The molecule has 0 saturated carbocycles. The van der Waals surface area contributed by atoms with Gasteiger partial charge >= 0.3 is 0 Å². The van der Waals surface area contributed by atoms with Crippen LogP contribution in [0.25, 0.3) is 6.20 Å². The van der Waals surface area contributed by atoms with E-state index in [1.165, 1.54) is 5.57 Å². The second-order valence-corrected chi connectivity index (χ2v) is 6.27. The average Bonchev–Trinajstić information content (AvgIpc) is 2.90. The summed E-state index contributed by atoms with van der Waals surface area (Å²) in [7, 11) is 0. The van der Waals surface area contributed by atoms with Crippen LogP contribution in [0.5, 0.6) is 0 Å². The second kappa shape index (κ2) is 4.98. The van der Waals surface area contributed by atoms with Crippen molar-refractivity contribution in [3.8, 4) is 0 Å². The van der Waals surface area contributed by atoms with Crippen LogP contribution in [0.15, 0.2) is 16.3 Å². The maximum Gasteiger partial charge on any atom is 0.247 e. The molecule has 1 fully saturated rings. The highest BCUT2D eigenvalue weighted by molar-refractivity contribution is 7.99. The van der Waals surface area contributed by atoms with Gasteiger partial charge < -0.3 is 15.0 Å². The summed E-state index contributed by atoms with van der Waals surface area (Å²) >= 11 is 8.09. The van der Waals surface area contributed by atoms with E-state index in [0.717, 1.165) is 60.4 Å². The average molecular weight is 312 g/mol. The van der Waals surface area contributed by atoms with Crippen LogP contribution in [0.3, 0.4) is 0 Å². The topological polar surface area (TPSA) is 55.2 Å². The number of rotatable bonds is 1. The van der Waals surface area contributed by atoms with Crippen molar-refractivity contribution in [2.24, 2.45) is 0 Å². The third-order valence-electron chi connectivity index (χ3n) is 3.51. The molecule has 3 aliphatic heterocycles. The van der Waals surface area contributed by atoms with Crippen LogP contribution < -0.4 is 10.2 Å². The van der Waals surface area contributed by atoms with Crippen LogP contribution in [0, 0.1) is 0 Å². The Morgan fingerprint density at radius 2 is 2.15 bits per heavy atom. The van der Waals surface area contributed by atoms with Gasteiger partial charge in [-0.25, -0.2) is 4.68 Å². The van der Waals surface area contributed by atoms with Gasteiger partial charge in [-0.05, 0) is 0 Å². The van der Waals surface area contributed by atoms with Crippen molar-refractivity contribution in [3.63, 3.8) is 0 Å². The van der Waals surface area contributed by atoms with Crippen LogP contribution in [-0.2, 0) is 4.74 Å². The van der Waals surface area contributed by atoms with E-state index in [1.807, 2.05) is 18.0 Å². The first-order valence-electron chi connectivity index (χ1n) is 6.55. The number of thioether (sulfide) groups is 1. The summed E-state index contributed by atoms with van der Waals surface area (Å²) in [4.78, 5) is 6.71. The van der Waals surface area contributed by atoms with Crippen molar-refractivity contribution in [2.75, 3.05) is 48.0 Å². The molecule has 3 aliphatic rings. The highest BCUT2D eigenvalue weighted by Crippen LogP contribution is 2.34. The molecule has 1 aromatic rings. The van der Waals surface area contributed by atoms with Crippen LogP contribution in [-0.4, -0.2) is 52.6 Å². The van der Waals surface area contributed by atoms with Gasteiger partial charge in [-0.15, -0.1) is 5.10 Å². The fourth-order valence-corrected chi connectivity index (χ4v) is 3.73. The lowest BCUT2D eigenvalue weighted by molar-refractivity contribution is 0.122. The van der Waals surface area contributed by atoms with Crippen LogP contribution >= 0.6 is 23.4 Å². The number of fused-ring (bicyclic) bond motifs is 2. The van der Waals surface area contributed by atoms with E-state index < -0.39 is 0 Å². The zero-order valence-corrected chi connectivity index (χ0v) is 12.4. The lowest BCUT2D eigenvalue weighted by Gasteiger charge is -2.25. The SMILES string of the molecule is ClC1=C2Nc3nc(N4CCOCC4)nn3C=C2CSC1. The standard InChI is InChI=1S/C12H14ClN5OS/c13-9-7-20-6-8-5-18-11(14-10(8)9)15-12(16-18)17-1-3-19-4-2-17/h5H,1-4,6-7H2,(H,14,15,16). The molecular formula is C12H14ClN5OS. The van der Waals surface area contributed by atoms with Gasteiger partial charge in [0.25, 0.3) is 0 Å². The van der Waals surface area contributed by atoms with E-state index >= 15 is 0 Å². The molecule has 8 heteroatoms. The quantitative estimate of drug-likeness (QED) is 0.850. The lowest BCUT2D eigenvalue weighted by atomic mass is 10.2. The smallest absolute Gasteiger partial charge is 0.247 e. The molecule has 4 heterocycles. The Labute approximate surface area is 125 Å². The molecule has 1 N–H and O–H groups in total. The maximum atomic E-state index is 6.28. The predicted molar refractivity (Wildman–Crippen MR) is 81.2 cm³/mol. The van der Waals surface area contributed by atoms with Gasteiger partial charge in [0.2, 0.25) is 11.9 Å². The van der Waals surface area contributed by atoms with E-state index in [0.29, 0.717) is 0 Å². The van der Waals surface area contributed by atoms with E-state index in [1.54, 1.807) is 4.68 Å². The van der Waals surface area contributed by atoms with Crippen molar-refractivity contribution in [1.29, 1.82) is 0 Å². The number of halogens is 1. The highest BCUT2D eigenvalue weighted by Gasteiger charge is 2.25.